The van der Waals surface area contributed by atoms with Crippen molar-refractivity contribution in [1.82, 2.24) is 39.2 Å². The summed E-state index contributed by atoms with van der Waals surface area (Å²) in [6.07, 6.45) is 0. The molecule has 16 amide bonds. The summed E-state index contributed by atoms with van der Waals surface area (Å²) < 4.78 is 4.93. The van der Waals surface area contributed by atoms with E-state index < -0.39 is 70.9 Å². The molecule has 0 aromatic heterocycles. The van der Waals surface area contributed by atoms with Crippen molar-refractivity contribution in [3.8, 4) is 0 Å². The molecule has 24 nitrogen and oxygen atoms in total. The lowest BCUT2D eigenvalue weighted by atomic mass is 9.80. The highest BCUT2D eigenvalue weighted by molar-refractivity contribution is 9.11. The monoisotopic (exact) mass is 2020 g/mol. The summed E-state index contributed by atoms with van der Waals surface area (Å²) in [7, 11) is 11.5. The lowest BCUT2D eigenvalue weighted by Crippen LogP contribution is -2.40. The molecule has 0 N–H and O–H groups in total. The van der Waals surface area contributed by atoms with Crippen LogP contribution >= 0.6 is 95.6 Å². The maximum atomic E-state index is 13.6. The maximum Gasteiger partial charge on any atom is 0.261 e. The Balaban J connectivity index is 0.000000113. The zero-order chi connectivity index (χ0) is 87.1. The van der Waals surface area contributed by atoms with E-state index in [2.05, 4.69) is 132 Å². The number of fused-ring (bicyclic) bond motifs is 6. The number of imide groups is 8. The fraction of sp³-hybridized carbons (Fsp3) is 0.0851. The topological polar surface area (TPSA) is 299 Å². The minimum absolute atomic E-state index is 0.326. The largest absolute Gasteiger partial charge is 0.277 e. The van der Waals surface area contributed by atoms with Gasteiger partial charge in [-0.2, -0.15) is 0 Å². The molecule has 0 fully saturated rings. The second-order valence-corrected chi connectivity index (χ2v) is 36.7. The second kappa shape index (κ2) is 25.8. The van der Waals surface area contributed by atoms with E-state index in [0.29, 0.717) is 132 Å². The van der Waals surface area contributed by atoms with Gasteiger partial charge in [0.15, 0.2) is 0 Å². The van der Waals surface area contributed by atoms with Crippen LogP contribution in [0.15, 0.2) is 160 Å². The van der Waals surface area contributed by atoms with Crippen molar-refractivity contribution in [2.45, 2.75) is 0 Å². The van der Waals surface area contributed by atoms with Gasteiger partial charge in [-0.1, -0.05) is 120 Å². The first-order chi connectivity index (χ1) is 59.1. The van der Waals surface area contributed by atoms with E-state index in [4.69, 9.17) is 0 Å². The third-order valence-electron chi connectivity index (χ3n) is 25.7. The van der Waals surface area contributed by atoms with Crippen molar-refractivity contribution in [2.75, 3.05) is 56.4 Å². The van der Waals surface area contributed by atoms with Gasteiger partial charge < -0.3 is 0 Å². The Morgan fingerprint density at radius 1 is 0.137 bits per heavy atom. The summed E-state index contributed by atoms with van der Waals surface area (Å²) in [5.74, 6) is -6.47. The van der Waals surface area contributed by atoms with Gasteiger partial charge in [0, 0.05) is 258 Å². The van der Waals surface area contributed by atoms with Crippen molar-refractivity contribution < 1.29 is 76.7 Å². The van der Waals surface area contributed by atoms with E-state index in [9.17, 15) is 76.7 Å². The van der Waals surface area contributed by atoms with Crippen LogP contribution in [0.1, 0.15) is 166 Å². The Bertz CT molecular complexity index is 7440. The molecule has 30 heteroatoms. The Labute approximate surface area is 745 Å². The molecule has 17 aromatic carbocycles. The number of nitrogens with zero attached hydrogens (tertiary/aromatic N) is 8. The fourth-order valence-electron chi connectivity index (χ4n) is 19.9. The van der Waals surface area contributed by atoms with E-state index in [0.717, 1.165) is 153 Å². The molecule has 0 spiro atoms. The minimum Gasteiger partial charge on any atom is -0.277 e. The van der Waals surface area contributed by atoms with Gasteiger partial charge in [-0.05, 0) is 163 Å². The van der Waals surface area contributed by atoms with Gasteiger partial charge in [-0.3, -0.25) is 116 Å². The van der Waals surface area contributed by atoms with Gasteiger partial charge >= 0.3 is 0 Å². The lowest BCUT2D eigenvalue weighted by molar-refractivity contribution is 0.0629. The van der Waals surface area contributed by atoms with Crippen LogP contribution in [0.25, 0.3) is 140 Å². The number of hydrogen-bond acceptors (Lipinski definition) is 16. The molecule has 0 aliphatic carbocycles. The van der Waals surface area contributed by atoms with Crippen molar-refractivity contribution in [2.24, 2.45) is 0 Å². The molecule has 600 valence electrons. The molecule has 17 aromatic rings. The normalized spacial score (nSPS) is 16.0. The molecule has 8 heterocycles. The summed E-state index contributed by atoms with van der Waals surface area (Å²) in [4.78, 5) is 210. The Hall–Kier alpha value is -13.1. The first kappa shape index (κ1) is 77.0. The maximum absolute atomic E-state index is 13.6. The predicted octanol–water partition coefficient (Wildman–Crippen LogP) is 18.4. The molecular weight excluding hydrogens is 1980 g/mol. The Morgan fingerprint density at radius 2 is 0.266 bits per heavy atom. The molecule has 0 saturated heterocycles. The first-order valence-corrected chi connectivity index (χ1v) is 42.8. The van der Waals surface area contributed by atoms with E-state index in [1.807, 2.05) is 24.3 Å². The zero-order valence-corrected chi connectivity index (χ0v) is 74.6. The molecule has 8 aliphatic heterocycles. The standard InChI is InChI=1S/C46H16Br6N2O4.3C16H10N2O4/c1-53-43(55)19-9-25(49)35-13-3-5-15-34-24(48)8-18-30-14(36-26(50)10-20-32-22(46(58)54(2)44(20)56)12-28(52)38(18)42(32)36)4-6-16(40(30)34)33-23(47)7-17(29(13)39(15)33)37-27(51)11-21(45(53)57)31(19)41(35)37;3*1-17-13(19)7-3-5-9-12-10(16(22)18(2)15(9)21)6-4-8(11(7)12)14(17)20/h3-12H,1-2H3;3*3-6H,1-2H3. The predicted molar refractivity (Wildman–Crippen MR) is 484 cm³/mol. The van der Waals surface area contributed by atoms with Crippen LogP contribution in [0.2, 0.25) is 0 Å². The van der Waals surface area contributed by atoms with Crippen LogP contribution in [0.3, 0.4) is 0 Å². The summed E-state index contributed by atoms with van der Waals surface area (Å²) in [6.45, 7) is 0. The Morgan fingerprint density at radius 3 is 0.444 bits per heavy atom. The van der Waals surface area contributed by atoms with Crippen molar-refractivity contribution in [1.29, 1.82) is 0 Å². The number of amides is 16. The number of carbonyl (C=O) groups excluding carboxylic acids is 16. The smallest absolute Gasteiger partial charge is 0.261 e. The SMILES string of the molecule is CN1C(=O)c2cc(Br)c3c4ccc5c6c(Br)cc7c8c(Br)cc9c%10c(cc(Br)c(c%11ccc(c%12c(Br)cc(c%13c(Br)cc(c2c3%13)C1=O)c4c5%12)c6c%117)c%108)C(=O)N(C)C9=O.CN1C(=O)c2ccc3c4c(ccc(c24)C1=O)C(=O)N(C)C3=O.CN1C(=O)c2ccc3c4c(ccc(c24)C1=O)C(=O)N(C)C3=O.CN1C(=O)c2ccc3c4c(ccc(c24)C1=O)C(=O)N(C)C3=O. The van der Waals surface area contributed by atoms with Gasteiger partial charge in [-0.15, -0.1) is 0 Å². The average Bonchev–Trinajstić information content (AvgIpc) is 0.664. The van der Waals surface area contributed by atoms with Gasteiger partial charge in [-0.25, -0.2) is 0 Å². The number of carbonyl (C=O) groups is 16. The molecule has 8 aliphatic rings. The number of benzene rings is 17. The minimum atomic E-state index is -0.431. The number of rotatable bonds is 0. The molecule has 25 rings (SSSR count). The van der Waals surface area contributed by atoms with Crippen molar-refractivity contribution in [3.05, 3.63) is 249 Å². The molecule has 0 bridgehead atoms. The van der Waals surface area contributed by atoms with Crippen LogP contribution in [0.5, 0.6) is 0 Å². The summed E-state index contributed by atoms with van der Waals surface area (Å²) in [6, 6.07) is 39.0. The molecule has 0 radical (unpaired) electrons. The van der Waals surface area contributed by atoms with Crippen LogP contribution < -0.4 is 0 Å². The van der Waals surface area contributed by atoms with Crippen molar-refractivity contribution >= 4 is 330 Å². The van der Waals surface area contributed by atoms with E-state index in [1.54, 1.807) is 0 Å². The summed E-state index contributed by atoms with van der Waals surface area (Å²) in [5.41, 5.74) is 6.01. The highest BCUT2D eigenvalue weighted by Gasteiger charge is 2.44. The molecular formula is C94H46Br6N8O16. The highest BCUT2D eigenvalue weighted by Crippen LogP contribution is 2.58. The highest BCUT2D eigenvalue weighted by atomic mass is 79.9. The molecule has 0 atom stereocenters. The molecule has 0 unspecified atom stereocenters. The Kier molecular flexibility index (Phi) is 16.0. The molecule has 124 heavy (non-hydrogen) atoms. The first-order valence-electron chi connectivity index (χ1n) is 38.1. The summed E-state index contributed by atoms with van der Waals surface area (Å²) >= 11 is 23.7. The quantitative estimate of drug-likeness (QED) is 0.0774. The summed E-state index contributed by atoms with van der Waals surface area (Å²) in [5, 5.41) is 21.9. The van der Waals surface area contributed by atoms with E-state index in [1.165, 1.54) is 139 Å². The van der Waals surface area contributed by atoms with Gasteiger partial charge in [0.05, 0.1) is 0 Å². The van der Waals surface area contributed by atoms with Gasteiger partial charge in [0.25, 0.3) is 94.5 Å². The third-order valence-corrected chi connectivity index (χ3v) is 29.5. The average molecular weight is 2020 g/mol. The van der Waals surface area contributed by atoms with Gasteiger partial charge in [0.1, 0.15) is 0 Å². The van der Waals surface area contributed by atoms with Crippen LogP contribution in [0.4, 0.5) is 0 Å². The zero-order valence-electron chi connectivity index (χ0n) is 65.1. The van der Waals surface area contributed by atoms with E-state index in [-0.39, 0.29) is 23.6 Å². The van der Waals surface area contributed by atoms with Crippen molar-refractivity contribution in [3.63, 3.8) is 0 Å². The van der Waals surface area contributed by atoms with Crippen LogP contribution in [-0.4, -0.2) is 190 Å². The van der Waals surface area contributed by atoms with Crippen LogP contribution in [0, 0.1) is 0 Å². The van der Waals surface area contributed by atoms with Gasteiger partial charge in [0.2, 0.25) is 0 Å². The fourth-order valence-corrected chi connectivity index (χ4v) is 23.8. The number of halogens is 6. The van der Waals surface area contributed by atoms with E-state index >= 15 is 0 Å². The molecule has 0 saturated carbocycles. The third kappa shape index (κ3) is 9.42. The number of hydrogen-bond donors (Lipinski definition) is 0. The second-order valence-electron chi connectivity index (χ2n) is 31.6. The van der Waals surface area contributed by atoms with Crippen LogP contribution in [-0.2, 0) is 0 Å². The lowest BCUT2D eigenvalue weighted by Gasteiger charge is -2.29.